The Balaban J connectivity index is 1.79. The Labute approximate surface area is 125 Å². The number of nitrogens with zero attached hydrogens (tertiary/aromatic N) is 1. The third-order valence-corrected chi connectivity index (χ3v) is 6.51. The summed E-state index contributed by atoms with van der Waals surface area (Å²) < 4.78 is 5.92. The van der Waals surface area contributed by atoms with E-state index in [4.69, 9.17) is 4.74 Å². The third-order valence-electron chi connectivity index (χ3n) is 3.95. The van der Waals surface area contributed by atoms with E-state index in [1.54, 1.807) is 4.82 Å². The first-order chi connectivity index (χ1) is 8.89. The van der Waals surface area contributed by atoms with Gasteiger partial charge < -0.3 is 0 Å². The molecule has 1 heterocycles. The molecular weight excluding hydrogens is 301 g/mol. The van der Waals surface area contributed by atoms with Crippen LogP contribution in [0.25, 0.3) is 0 Å². The van der Waals surface area contributed by atoms with Gasteiger partial charge in [-0.1, -0.05) is 0 Å². The van der Waals surface area contributed by atoms with Gasteiger partial charge in [0.2, 0.25) is 0 Å². The van der Waals surface area contributed by atoms with Crippen LogP contribution in [0.5, 0.6) is 0 Å². The van der Waals surface area contributed by atoms with E-state index in [1.165, 1.54) is 17.7 Å². The van der Waals surface area contributed by atoms with E-state index < -0.39 is 0 Å². The Morgan fingerprint density at radius 2 is 2.16 bits per heavy atom. The van der Waals surface area contributed by atoms with Gasteiger partial charge in [-0.25, -0.2) is 0 Å². The van der Waals surface area contributed by atoms with E-state index >= 15 is 0 Å². The summed E-state index contributed by atoms with van der Waals surface area (Å²) in [6, 6.07) is 0.507. The van der Waals surface area contributed by atoms with Gasteiger partial charge in [-0.2, -0.15) is 0 Å². The average molecular weight is 327 g/mol. The number of hydrogen-bond donors (Lipinski definition) is 0. The quantitative estimate of drug-likeness (QED) is 0.720. The van der Waals surface area contributed by atoms with Crippen LogP contribution in [0, 0.1) is 35.4 Å². The van der Waals surface area contributed by atoms with Crippen LogP contribution in [0.1, 0.15) is 27.2 Å². The summed E-state index contributed by atoms with van der Waals surface area (Å²) >= 11 is 0.536. The molecule has 107 valence electrons. The number of hydrogen-bond acceptors (Lipinski definition) is 2. The van der Waals surface area contributed by atoms with E-state index in [0.717, 1.165) is 6.61 Å². The predicted molar refractivity (Wildman–Crippen MR) is 81.2 cm³/mol. The molecule has 5 radical (unpaired) electrons. The van der Waals surface area contributed by atoms with Crippen molar-refractivity contribution in [2.24, 2.45) is 5.41 Å². The van der Waals surface area contributed by atoms with E-state index in [1.807, 2.05) is 0 Å². The van der Waals surface area contributed by atoms with Crippen molar-refractivity contribution in [3.05, 3.63) is 30.0 Å². The van der Waals surface area contributed by atoms with Crippen LogP contribution in [0.2, 0.25) is 5.32 Å². The molecule has 0 N–H and O–H groups in total. The molecule has 0 unspecified atom stereocenters. The maximum absolute atomic E-state index is 5.92. The molecule has 2 fully saturated rings. The van der Waals surface area contributed by atoms with E-state index in [0.29, 0.717) is 32.5 Å². The topological polar surface area (TPSA) is 12.5 Å². The van der Waals surface area contributed by atoms with E-state index in [9.17, 15) is 0 Å². The molecule has 0 aromatic heterocycles. The van der Waals surface area contributed by atoms with Crippen molar-refractivity contribution in [1.29, 1.82) is 0 Å². The van der Waals surface area contributed by atoms with Crippen LogP contribution in [-0.4, -0.2) is 52.7 Å². The van der Waals surface area contributed by atoms with Gasteiger partial charge in [0.1, 0.15) is 0 Å². The molecule has 19 heavy (non-hydrogen) atoms. The van der Waals surface area contributed by atoms with Crippen LogP contribution in [0.15, 0.2) is 0 Å². The number of ether oxygens (including phenoxy) is 1. The molecule has 1 saturated carbocycles. The van der Waals surface area contributed by atoms with Crippen molar-refractivity contribution in [3.63, 3.8) is 0 Å². The molecule has 0 aromatic carbocycles. The fraction of sp³-hybridized carbons (Fsp3) is 0.688. The SMILES string of the molecule is C[C@H]([C]1[CH][CH][CH][C]1[Se]C[C@H]1CC(C)(C)CO1)N(C)C. The van der Waals surface area contributed by atoms with Gasteiger partial charge in [0, 0.05) is 0 Å². The van der Waals surface area contributed by atoms with Gasteiger partial charge in [-0.15, -0.1) is 0 Å². The minimum atomic E-state index is 0.381. The van der Waals surface area contributed by atoms with Crippen molar-refractivity contribution < 1.29 is 4.74 Å². The maximum atomic E-state index is 5.92. The van der Waals surface area contributed by atoms with Crippen LogP contribution < -0.4 is 0 Å². The van der Waals surface area contributed by atoms with Crippen LogP contribution in [0.4, 0.5) is 0 Å². The Hall–Kier alpha value is 0.439. The van der Waals surface area contributed by atoms with Crippen molar-refractivity contribution in [2.75, 3.05) is 20.7 Å². The molecule has 1 aliphatic carbocycles. The Kier molecular flexibility index (Phi) is 5.39. The Morgan fingerprint density at radius 1 is 1.42 bits per heavy atom. The summed E-state index contributed by atoms with van der Waals surface area (Å²) in [7, 11) is 4.30. The Bertz CT molecular complexity index is 292. The van der Waals surface area contributed by atoms with Crippen molar-refractivity contribution in [3.8, 4) is 0 Å². The van der Waals surface area contributed by atoms with Crippen LogP contribution in [0.3, 0.4) is 0 Å². The van der Waals surface area contributed by atoms with Gasteiger partial charge >= 0.3 is 125 Å². The van der Waals surface area contributed by atoms with Crippen molar-refractivity contribution >= 4 is 15.0 Å². The zero-order valence-electron chi connectivity index (χ0n) is 12.8. The first-order valence-electron chi connectivity index (χ1n) is 7.05. The molecule has 0 spiro atoms. The second kappa shape index (κ2) is 6.47. The second-order valence-corrected chi connectivity index (χ2v) is 8.83. The first kappa shape index (κ1) is 15.8. The second-order valence-electron chi connectivity index (χ2n) is 6.60. The molecule has 0 aromatic rings. The standard InChI is InChI=1S/C16H26NOSe/c1-12(17(4)5)14-7-6-8-15(14)19-10-13-9-16(2,3)11-18-13/h6-8,12-13H,9-11H2,1-5H3/t12-,13-/m1/s1. The molecule has 1 saturated heterocycles. The molecule has 0 amide bonds. The molecule has 2 aliphatic rings. The summed E-state index contributed by atoms with van der Waals surface area (Å²) in [5.41, 5.74) is 0.381. The molecule has 1 aliphatic heterocycles. The molecule has 2 rings (SSSR count). The first-order valence-corrected chi connectivity index (χ1v) is 9.12. The Morgan fingerprint density at radius 3 is 2.74 bits per heavy atom. The fourth-order valence-corrected chi connectivity index (χ4v) is 4.97. The van der Waals surface area contributed by atoms with Gasteiger partial charge in [-0.3, -0.25) is 0 Å². The summed E-state index contributed by atoms with van der Waals surface area (Å²) in [4.78, 5) is 3.84. The fourth-order valence-electron chi connectivity index (χ4n) is 2.54. The molecule has 2 nitrogen and oxygen atoms in total. The average Bonchev–Trinajstić information content (AvgIpc) is 2.91. The number of rotatable bonds is 5. The third kappa shape index (κ3) is 4.20. The van der Waals surface area contributed by atoms with Gasteiger partial charge in [-0.05, 0) is 0 Å². The van der Waals surface area contributed by atoms with E-state index in [-0.39, 0.29) is 0 Å². The summed E-state index contributed by atoms with van der Waals surface area (Å²) in [5, 5.41) is 1.22. The molecule has 2 atom stereocenters. The van der Waals surface area contributed by atoms with E-state index in [2.05, 4.69) is 59.0 Å². The molecule has 0 bridgehead atoms. The minimum absolute atomic E-state index is 0.381. The van der Waals surface area contributed by atoms with Crippen molar-refractivity contribution in [1.82, 2.24) is 4.90 Å². The summed E-state index contributed by atoms with van der Waals surface area (Å²) in [6.45, 7) is 7.82. The van der Waals surface area contributed by atoms with Gasteiger partial charge in [0.25, 0.3) is 0 Å². The molecular formula is C16H26NOSe. The normalized spacial score (nSPS) is 30.3. The van der Waals surface area contributed by atoms with Crippen LogP contribution >= 0.6 is 0 Å². The summed E-state index contributed by atoms with van der Waals surface area (Å²) in [6.07, 6.45) is 8.48. The van der Waals surface area contributed by atoms with Gasteiger partial charge in [0.15, 0.2) is 0 Å². The van der Waals surface area contributed by atoms with Crippen molar-refractivity contribution in [2.45, 2.75) is 44.7 Å². The monoisotopic (exact) mass is 328 g/mol. The van der Waals surface area contributed by atoms with Gasteiger partial charge in [0.05, 0.1) is 0 Å². The summed E-state index contributed by atoms with van der Waals surface area (Å²) in [5.74, 6) is 1.50. The molecule has 3 heteroatoms. The van der Waals surface area contributed by atoms with Crippen LogP contribution in [-0.2, 0) is 4.74 Å². The zero-order chi connectivity index (χ0) is 14.0. The zero-order valence-corrected chi connectivity index (χ0v) is 14.5. The predicted octanol–water partition coefficient (Wildman–Crippen LogP) is 2.61.